The van der Waals surface area contributed by atoms with Crippen molar-refractivity contribution in [1.29, 1.82) is 0 Å². The number of allylic oxidation sites excluding steroid dienone is 14. The first-order valence-electron chi connectivity index (χ1n) is 24.3. The summed E-state index contributed by atoms with van der Waals surface area (Å²) in [5.41, 5.74) is 0. The molecule has 0 aromatic carbocycles. The van der Waals surface area contributed by atoms with Gasteiger partial charge in [0.2, 0.25) is 0 Å². The van der Waals surface area contributed by atoms with Gasteiger partial charge in [-0.1, -0.05) is 170 Å². The topological polar surface area (TPSA) is 94.1 Å². The van der Waals surface area contributed by atoms with E-state index in [-0.39, 0.29) is 25.8 Å². The van der Waals surface area contributed by atoms with Gasteiger partial charge in [0, 0.05) is 13.0 Å². The van der Waals surface area contributed by atoms with Crippen molar-refractivity contribution in [2.75, 3.05) is 54.1 Å². The zero-order valence-electron chi connectivity index (χ0n) is 39.8. The molecule has 0 spiro atoms. The van der Waals surface area contributed by atoms with Crippen LogP contribution >= 0.6 is 7.82 Å². The number of hydrogen-bond acceptors (Lipinski definition) is 7. The average Bonchev–Trinajstić information content (AvgIpc) is 3.22. The molecule has 0 aliphatic carbocycles. The molecular weight excluding hydrogens is 782 g/mol. The first kappa shape index (κ1) is 58.7. The molecule has 0 saturated carbocycles. The highest BCUT2D eigenvalue weighted by molar-refractivity contribution is 7.45. The quantitative estimate of drug-likeness (QED) is 0.0198. The van der Waals surface area contributed by atoms with Gasteiger partial charge >= 0.3 is 5.97 Å². The van der Waals surface area contributed by atoms with Gasteiger partial charge in [0.15, 0.2) is 0 Å². The van der Waals surface area contributed by atoms with E-state index in [1.54, 1.807) is 0 Å². The molecule has 0 amide bonds. The normalized spacial score (nSPS) is 14.4. The summed E-state index contributed by atoms with van der Waals surface area (Å²) in [6, 6.07) is 0. The molecule has 0 heterocycles. The second-order valence-electron chi connectivity index (χ2n) is 17.1. The Morgan fingerprint density at radius 2 is 0.951 bits per heavy atom. The third-order valence-electron chi connectivity index (χ3n) is 9.93. The Hall–Kier alpha value is -2.32. The number of quaternary nitrogens is 1. The van der Waals surface area contributed by atoms with Gasteiger partial charge in [-0.3, -0.25) is 9.36 Å². The lowest BCUT2D eigenvalue weighted by atomic mass is 10.1. The van der Waals surface area contributed by atoms with E-state index in [1.165, 1.54) is 64.2 Å². The van der Waals surface area contributed by atoms with Crippen LogP contribution in [-0.4, -0.2) is 70.7 Å². The zero-order valence-corrected chi connectivity index (χ0v) is 40.7. The third kappa shape index (κ3) is 48.6. The van der Waals surface area contributed by atoms with Gasteiger partial charge in [0.25, 0.3) is 7.82 Å². The second-order valence-corrected chi connectivity index (χ2v) is 18.5. The Bertz CT molecular complexity index is 1250. The molecule has 0 fully saturated rings. The van der Waals surface area contributed by atoms with E-state index in [1.807, 2.05) is 21.1 Å². The Morgan fingerprint density at radius 3 is 1.44 bits per heavy atom. The summed E-state index contributed by atoms with van der Waals surface area (Å²) in [5, 5.41) is 0. The Balaban J connectivity index is 4.24. The van der Waals surface area contributed by atoms with Crippen LogP contribution in [0, 0.1) is 0 Å². The van der Waals surface area contributed by atoms with Crippen molar-refractivity contribution in [2.45, 2.75) is 187 Å². The molecule has 0 bridgehead atoms. The molecule has 0 aromatic rings. The molecule has 0 radical (unpaired) electrons. The number of unbranched alkanes of at least 4 members (excludes halogenated alkanes) is 16. The van der Waals surface area contributed by atoms with Gasteiger partial charge in [-0.15, -0.1) is 0 Å². The smallest absolute Gasteiger partial charge is 0.306 e. The van der Waals surface area contributed by atoms with Crippen LogP contribution in [0.2, 0.25) is 0 Å². The van der Waals surface area contributed by atoms with Crippen LogP contribution in [0.3, 0.4) is 0 Å². The van der Waals surface area contributed by atoms with Crippen molar-refractivity contribution in [3.8, 4) is 0 Å². The summed E-state index contributed by atoms with van der Waals surface area (Å²) in [6.07, 6.45) is 58.9. The lowest BCUT2D eigenvalue weighted by Gasteiger charge is -2.28. The van der Waals surface area contributed by atoms with E-state index in [2.05, 4.69) is 98.9 Å². The van der Waals surface area contributed by atoms with Crippen LogP contribution < -0.4 is 4.89 Å². The van der Waals surface area contributed by atoms with Crippen molar-refractivity contribution in [3.05, 3.63) is 85.1 Å². The lowest BCUT2D eigenvalue weighted by Crippen LogP contribution is -2.37. The van der Waals surface area contributed by atoms with Crippen LogP contribution in [0.1, 0.15) is 181 Å². The van der Waals surface area contributed by atoms with Crippen molar-refractivity contribution in [2.24, 2.45) is 0 Å². The number of esters is 1. The van der Waals surface area contributed by atoms with E-state index in [4.69, 9.17) is 18.5 Å². The van der Waals surface area contributed by atoms with Crippen LogP contribution in [0.25, 0.3) is 0 Å². The molecule has 0 N–H and O–H groups in total. The molecule has 352 valence electrons. The van der Waals surface area contributed by atoms with E-state index >= 15 is 0 Å². The predicted molar refractivity (Wildman–Crippen MR) is 258 cm³/mol. The van der Waals surface area contributed by atoms with E-state index in [9.17, 15) is 14.3 Å². The van der Waals surface area contributed by atoms with Gasteiger partial charge in [-0.2, -0.15) is 0 Å². The van der Waals surface area contributed by atoms with Crippen molar-refractivity contribution < 1.29 is 37.3 Å². The first-order chi connectivity index (χ1) is 29.6. The molecule has 0 aromatic heterocycles. The highest BCUT2D eigenvalue weighted by Crippen LogP contribution is 2.38. The molecule has 8 nitrogen and oxygen atoms in total. The van der Waals surface area contributed by atoms with E-state index in [0.717, 1.165) is 96.3 Å². The standard InChI is InChI=1S/C52H92NO7P/c1-6-8-10-12-14-16-18-20-22-23-24-25-26-27-28-29-30-32-34-36-38-40-42-44-47-57-49-51(50-59-61(55,56)58-48-46-53(3,4)5)60-52(54)45-43-41-39-37-35-33-31-21-19-17-15-13-11-9-7-2/h8,10,14,16,20-22,24-25,27-28,30-32,51H,6-7,9,11-13,15,17-19,23,26,29,33-50H2,1-5H3/b10-8-,16-14-,22-20-,25-24-,28-27-,31-21-,32-30-. The van der Waals surface area contributed by atoms with Gasteiger partial charge in [-0.25, -0.2) is 0 Å². The molecular formula is C52H92NO7P. The molecule has 2 unspecified atom stereocenters. The van der Waals surface area contributed by atoms with Gasteiger partial charge in [-0.05, 0) is 89.9 Å². The fourth-order valence-corrected chi connectivity index (χ4v) is 6.92. The first-order valence-corrected chi connectivity index (χ1v) is 25.8. The van der Waals surface area contributed by atoms with Crippen LogP contribution in [-0.2, 0) is 27.9 Å². The largest absolute Gasteiger partial charge is 0.756 e. The number of nitrogens with zero attached hydrogens (tertiary/aromatic N) is 1. The SMILES string of the molecule is CC/C=C\C/C=C\C/C=C\C/C=C\C/C=C\C/C=C\CCCCCCCOCC(COP(=O)([O-])OCC[N+](C)(C)C)OC(=O)CCCCCCC/C=C\CCCCCCCC. The van der Waals surface area contributed by atoms with Crippen molar-refractivity contribution >= 4 is 13.8 Å². The summed E-state index contributed by atoms with van der Waals surface area (Å²) in [4.78, 5) is 25.1. The summed E-state index contributed by atoms with van der Waals surface area (Å²) >= 11 is 0. The molecule has 2 atom stereocenters. The minimum atomic E-state index is -4.54. The summed E-state index contributed by atoms with van der Waals surface area (Å²) in [5.74, 6) is -0.353. The van der Waals surface area contributed by atoms with Gasteiger partial charge in [0.05, 0.1) is 34.4 Å². The van der Waals surface area contributed by atoms with Crippen LogP contribution in [0.15, 0.2) is 85.1 Å². The number of carbonyl (C=O) groups excluding carboxylic acids is 1. The number of rotatable bonds is 44. The Labute approximate surface area is 375 Å². The lowest BCUT2D eigenvalue weighted by molar-refractivity contribution is -0.870. The molecule has 0 aliphatic heterocycles. The molecule has 0 aliphatic rings. The zero-order chi connectivity index (χ0) is 44.8. The average molecular weight is 874 g/mol. The maximum atomic E-state index is 12.7. The van der Waals surface area contributed by atoms with Crippen molar-refractivity contribution in [1.82, 2.24) is 0 Å². The highest BCUT2D eigenvalue weighted by Gasteiger charge is 2.20. The maximum Gasteiger partial charge on any atom is 0.306 e. The maximum absolute atomic E-state index is 12.7. The number of phosphoric ester groups is 1. The van der Waals surface area contributed by atoms with E-state index in [0.29, 0.717) is 24.1 Å². The third-order valence-corrected chi connectivity index (χ3v) is 10.9. The predicted octanol–water partition coefficient (Wildman–Crippen LogP) is 14.2. The monoisotopic (exact) mass is 874 g/mol. The van der Waals surface area contributed by atoms with Gasteiger partial charge in [0.1, 0.15) is 19.3 Å². The van der Waals surface area contributed by atoms with E-state index < -0.39 is 13.9 Å². The fraction of sp³-hybridized carbons (Fsp3) is 0.712. The van der Waals surface area contributed by atoms with Crippen molar-refractivity contribution in [3.63, 3.8) is 0 Å². The number of hydrogen-bond donors (Lipinski definition) is 0. The summed E-state index contributed by atoms with van der Waals surface area (Å²) in [7, 11) is 1.32. The van der Waals surface area contributed by atoms with Crippen LogP contribution in [0.4, 0.5) is 0 Å². The molecule has 61 heavy (non-hydrogen) atoms. The second kappa shape index (κ2) is 44.3. The minimum absolute atomic E-state index is 0.0160. The Morgan fingerprint density at radius 1 is 0.525 bits per heavy atom. The summed E-state index contributed by atoms with van der Waals surface area (Å²) in [6.45, 7) is 5.22. The number of phosphoric acid groups is 1. The van der Waals surface area contributed by atoms with Crippen LogP contribution in [0.5, 0.6) is 0 Å². The molecule has 0 saturated heterocycles. The highest BCUT2D eigenvalue weighted by atomic mass is 31.2. The number of ether oxygens (including phenoxy) is 2. The minimum Gasteiger partial charge on any atom is -0.756 e. The molecule has 0 rings (SSSR count). The number of likely N-dealkylation sites (N-methyl/N-ethyl adjacent to an activating group) is 1. The van der Waals surface area contributed by atoms with Gasteiger partial charge < -0.3 is 27.9 Å². The summed E-state index contributed by atoms with van der Waals surface area (Å²) < 4.78 is 34.6. The Kier molecular flexibility index (Phi) is 42.6. The molecule has 9 heteroatoms. The number of carbonyl (C=O) groups is 1. The fourth-order valence-electron chi connectivity index (χ4n) is 6.19.